The van der Waals surface area contributed by atoms with Gasteiger partial charge in [0.2, 0.25) is 0 Å². The molecule has 1 saturated heterocycles. The number of nitrogens with zero attached hydrogens (tertiary/aromatic N) is 1. The van der Waals surface area contributed by atoms with Crippen LogP contribution in [0.3, 0.4) is 0 Å². The lowest BCUT2D eigenvalue weighted by molar-refractivity contribution is 0.234. The maximum absolute atomic E-state index is 3.72. The summed E-state index contributed by atoms with van der Waals surface area (Å²) in [7, 11) is 0. The van der Waals surface area contributed by atoms with E-state index in [4.69, 9.17) is 0 Å². The summed E-state index contributed by atoms with van der Waals surface area (Å²) in [4.78, 5) is 2.58. The molecule has 1 aromatic heterocycles. The van der Waals surface area contributed by atoms with Crippen LogP contribution in [0.25, 0.3) is 11.1 Å². The molecule has 0 aliphatic carbocycles. The summed E-state index contributed by atoms with van der Waals surface area (Å²) >= 11 is 1.75. The normalized spacial score (nSPS) is 16.3. The van der Waals surface area contributed by atoms with Gasteiger partial charge >= 0.3 is 0 Å². The number of likely N-dealkylation sites (tertiary alicyclic amines) is 1. The van der Waals surface area contributed by atoms with E-state index < -0.39 is 0 Å². The zero-order chi connectivity index (χ0) is 15.4. The lowest BCUT2D eigenvalue weighted by atomic mass is 10.0. The first-order valence-electron chi connectivity index (χ1n) is 8.21. The van der Waals surface area contributed by atoms with Gasteiger partial charge in [0.25, 0.3) is 0 Å². The van der Waals surface area contributed by atoms with E-state index in [1.807, 2.05) is 0 Å². The average Bonchev–Trinajstić information content (AvgIpc) is 3.18. The fourth-order valence-corrected chi connectivity index (χ4v) is 3.81. The topological polar surface area (TPSA) is 15.3 Å². The molecule has 3 heteroatoms. The van der Waals surface area contributed by atoms with Gasteiger partial charge in [0.1, 0.15) is 0 Å². The van der Waals surface area contributed by atoms with Crippen LogP contribution in [0.15, 0.2) is 41.1 Å². The number of hydrogen-bond donors (Lipinski definition) is 1. The molecule has 0 spiro atoms. The number of benzene rings is 1. The molecule has 2 nitrogen and oxygen atoms in total. The van der Waals surface area contributed by atoms with Gasteiger partial charge in [0.05, 0.1) is 0 Å². The number of hydrogen-bond acceptors (Lipinski definition) is 3. The number of rotatable bonds is 6. The average molecular weight is 314 g/mol. The van der Waals surface area contributed by atoms with Gasteiger partial charge < -0.3 is 10.2 Å². The molecule has 3 rings (SSSR count). The summed E-state index contributed by atoms with van der Waals surface area (Å²) in [5, 5.41) is 8.05. The van der Waals surface area contributed by atoms with Crippen LogP contribution in [0.1, 0.15) is 32.3 Å². The number of nitrogens with one attached hydrogen (secondary N) is 1. The van der Waals surface area contributed by atoms with Crippen LogP contribution < -0.4 is 5.32 Å². The molecule has 1 aliphatic heterocycles. The van der Waals surface area contributed by atoms with Crippen LogP contribution in [0.5, 0.6) is 0 Å². The lowest BCUT2D eigenvalue weighted by Gasteiger charge is -2.31. The SMILES string of the molecule is CC(C)(CN1CCCC1)NCc1ccc(-c2ccsc2)cc1. The first-order valence-corrected chi connectivity index (χ1v) is 9.16. The molecule has 0 radical (unpaired) electrons. The Balaban J connectivity index is 1.54. The maximum atomic E-state index is 3.72. The van der Waals surface area contributed by atoms with Crippen molar-refractivity contribution in [3.05, 3.63) is 46.7 Å². The maximum Gasteiger partial charge on any atom is 0.0255 e. The first-order chi connectivity index (χ1) is 10.6. The van der Waals surface area contributed by atoms with Gasteiger partial charge in [-0.1, -0.05) is 24.3 Å². The Morgan fingerprint density at radius 2 is 1.77 bits per heavy atom. The summed E-state index contributed by atoms with van der Waals surface area (Å²) in [6.07, 6.45) is 2.72. The van der Waals surface area contributed by atoms with Crippen LogP contribution in [-0.4, -0.2) is 30.1 Å². The van der Waals surface area contributed by atoms with Crippen molar-refractivity contribution < 1.29 is 0 Å². The fourth-order valence-electron chi connectivity index (χ4n) is 3.14. The van der Waals surface area contributed by atoms with Crippen molar-refractivity contribution in [2.45, 2.75) is 38.8 Å². The summed E-state index contributed by atoms with van der Waals surface area (Å²) in [5.41, 5.74) is 4.14. The van der Waals surface area contributed by atoms with Crippen LogP contribution in [0.2, 0.25) is 0 Å². The van der Waals surface area contributed by atoms with Crippen molar-refractivity contribution >= 4 is 11.3 Å². The molecule has 1 aliphatic rings. The third-order valence-corrected chi connectivity index (χ3v) is 5.08. The predicted molar refractivity (Wildman–Crippen MR) is 96.3 cm³/mol. The van der Waals surface area contributed by atoms with E-state index in [1.54, 1.807) is 11.3 Å². The van der Waals surface area contributed by atoms with Crippen molar-refractivity contribution in [2.24, 2.45) is 0 Å². The zero-order valence-electron chi connectivity index (χ0n) is 13.6. The van der Waals surface area contributed by atoms with Gasteiger partial charge in [-0.3, -0.25) is 0 Å². The van der Waals surface area contributed by atoms with E-state index in [0.717, 1.165) is 13.1 Å². The molecular formula is C19H26N2S. The van der Waals surface area contributed by atoms with Crippen molar-refractivity contribution in [3.8, 4) is 11.1 Å². The highest BCUT2D eigenvalue weighted by molar-refractivity contribution is 7.08. The molecule has 0 saturated carbocycles. The van der Waals surface area contributed by atoms with Crippen molar-refractivity contribution in [2.75, 3.05) is 19.6 Å². The van der Waals surface area contributed by atoms with Crippen LogP contribution in [0.4, 0.5) is 0 Å². The van der Waals surface area contributed by atoms with Gasteiger partial charge in [-0.25, -0.2) is 0 Å². The van der Waals surface area contributed by atoms with Crippen LogP contribution >= 0.6 is 11.3 Å². The molecule has 0 bridgehead atoms. The third-order valence-electron chi connectivity index (χ3n) is 4.40. The summed E-state index contributed by atoms with van der Waals surface area (Å²) in [6, 6.07) is 11.1. The van der Waals surface area contributed by atoms with E-state index in [0.29, 0.717) is 0 Å². The Labute approximate surface area is 138 Å². The Bertz CT molecular complexity index is 566. The Morgan fingerprint density at radius 1 is 1.05 bits per heavy atom. The van der Waals surface area contributed by atoms with Gasteiger partial charge in [-0.2, -0.15) is 11.3 Å². The largest absolute Gasteiger partial charge is 0.306 e. The Hall–Kier alpha value is -1.16. The third kappa shape index (κ3) is 4.19. The predicted octanol–water partition coefficient (Wildman–Crippen LogP) is 4.38. The molecule has 118 valence electrons. The Kier molecular flexibility index (Phi) is 4.97. The standard InChI is InChI=1S/C19H26N2S/c1-19(2,15-21-10-3-4-11-21)20-13-16-5-7-17(8-6-16)18-9-12-22-14-18/h5-9,12,14,20H,3-4,10-11,13,15H2,1-2H3. The van der Waals surface area contributed by atoms with E-state index >= 15 is 0 Å². The molecular weight excluding hydrogens is 288 g/mol. The molecule has 1 fully saturated rings. The quantitative estimate of drug-likeness (QED) is 0.851. The van der Waals surface area contributed by atoms with Crippen LogP contribution in [-0.2, 0) is 6.54 Å². The van der Waals surface area contributed by atoms with Crippen molar-refractivity contribution in [3.63, 3.8) is 0 Å². The second-order valence-electron chi connectivity index (χ2n) is 6.93. The van der Waals surface area contributed by atoms with E-state index in [2.05, 4.69) is 65.2 Å². The summed E-state index contributed by atoms with van der Waals surface area (Å²) in [5.74, 6) is 0. The fraction of sp³-hybridized carbons (Fsp3) is 0.474. The van der Waals surface area contributed by atoms with Gasteiger partial charge in [0.15, 0.2) is 0 Å². The molecule has 2 heterocycles. The molecule has 1 N–H and O–H groups in total. The molecule has 0 atom stereocenters. The number of thiophene rings is 1. The lowest BCUT2D eigenvalue weighted by Crippen LogP contribution is -2.48. The highest BCUT2D eigenvalue weighted by atomic mass is 32.1. The van der Waals surface area contributed by atoms with E-state index in [1.165, 1.54) is 42.6 Å². The summed E-state index contributed by atoms with van der Waals surface area (Å²) in [6.45, 7) is 9.22. The van der Waals surface area contributed by atoms with E-state index in [-0.39, 0.29) is 5.54 Å². The minimum absolute atomic E-state index is 0.163. The minimum atomic E-state index is 0.163. The van der Waals surface area contributed by atoms with Gasteiger partial charge in [0, 0.05) is 18.6 Å². The second kappa shape index (κ2) is 6.95. The second-order valence-corrected chi connectivity index (χ2v) is 7.71. The van der Waals surface area contributed by atoms with Crippen molar-refractivity contribution in [1.82, 2.24) is 10.2 Å². The monoisotopic (exact) mass is 314 g/mol. The first kappa shape index (κ1) is 15.7. The minimum Gasteiger partial charge on any atom is -0.306 e. The zero-order valence-corrected chi connectivity index (χ0v) is 14.5. The van der Waals surface area contributed by atoms with Gasteiger partial charge in [-0.15, -0.1) is 0 Å². The molecule has 0 amide bonds. The highest BCUT2D eigenvalue weighted by Gasteiger charge is 2.22. The molecule has 1 aromatic carbocycles. The van der Waals surface area contributed by atoms with Gasteiger partial charge in [-0.05, 0) is 73.3 Å². The van der Waals surface area contributed by atoms with E-state index in [9.17, 15) is 0 Å². The molecule has 22 heavy (non-hydrogen) atoms. The molecule has 2 aromatic rings. The van der Waals surface area contributed by atoms with Crippen molar-refractivity contribution in [1.29, 1.82) is 0 Å². The smallest absolute Gasteiger partial charge is 0.0255 e. The molecule has 0 unspecified atom stereocenters. The highest BCUT2D eigenvalue weighted by Crippen LogP contribution is 2.22. The van der Waals surface area contributed by atoms with Crippen LogP contribution in [0, 0.1) is 0 Å². The Morgan fingerprint density at radius 3 is 2.41 bits per heavy atom. The summed E-state index contributed by atoms with van der Waals surface area (Å²) < 4.78 is 0.